The molecule has 0 aliphatic heterocycles. The predicted molar refractivity (Wildman–Crippen MR) is 87.5 cm³/mol. The van der Waals surface area contributed by atoms with Gasteiger partial charge in [-0.2, -0.15) is 0 Å². The Morgan fingerprint density at radius 2 is 1.76 bits per heavy atom. The minimum absolute atomic E-state index is 0.191. The standard InChI is InChI=1S/C15H16N2O2S2/c1-11-4-2-3-5-13(11)10-17-21(18,19)14-8-6-12(7-9-14)15(16)20/h2-9,17H,10H2,1H3,(H2,16,20). The van der Waals surface area contributed by atoms with Crippen LogP contribution in [0.1, 0.15) is 16.7 Å². The zero-order valence-electron chi connectivity index (χ0n) is 11.5. The van der Waals surface area contributed by atoms with Crippen molar-refractivity contribution in [2.24, 2.45) is 5.73 Å². The molecule has 6 heteroatoms. The minimum atomic E-state index is -3.55. The van der Waals surface area contributed by atoms with Crippen LogP contribution in [-0.2, 0) is 16.6 Å². The van der Waals surface area contributed by atoms with Gasteiger partial charge in [0.25, 0.3) is 0 Å². The van der Waals surface area contributed by atoms with Crippen molar-refractivity contribution >= 4 is 27.2 Å². The topological polar surface area (TPSA) is 72.2 Å². The molecular weight excluding hydrogens is 304 g/mol. The van der Waals surface area contributed by atoms with E-state index in [2.05, 4.69) is 4.72 Å². The van der Waals surface area contributed by atoms with Crippen molar-refractivity contribution in [3.63, 3.8) is 0 Å². The third kappa shape index (κ3) is 3.87. The Kier molecular flexibility index (Phi) is 4.72. The molecule has 0 fully saturated rings. The smallest absolute Gasteiger partial charge is 0.240 e. The lowest BCUT2D eigenvalue weighted by Gasteiger charge is -2.09. The number of nitrogens with one attached hydrogen (secondary N) is 1. The number of thiocarbonyl (C=S) groups is 1. The Bertz CT molecular complexity index is 753. The summed E-state index contributed by atoms with van der Waals surface area (Å²) >= 11 is 4.84. The molecule has 0 spiro atoms. The van der Waals surface area contributed by atoms with E-state index in [1.54, 1.807) is 12.1 Å². The fourth-order valence-corrected chi connectivity index (χ4v) is 3.01. The first kappa shape index (κ1) is 15.6. The summed E-state index contributed by atoms with van der Waals surface area (Å²) in [6, 6.07) is 13.8. The van der Waals surface area contributed by atoms with Crippen molar-refractivity contribution in [1.82, 2.24) is 4.72 Å². The second-order valence-corrected chi connectivity index (χ2v) is 6.85. The van der Waals surface area contributed by atoms with Gasteiger partial charge in [0.1, 0.15) is 4.99 Å². The van der Waals surface area contributed by atoms with Crippen molar-refractivity contribution in [3.05, 3.63) is 65.2 Å². The predicted octanol–water partition coefficient (Wildman–Crippen LogP) is 2.11. The molecule has 2 aromatic rings. The van der Waals surface area contributed by atoms with E-state index in [4.69, 9.17) is 18.0 Å². The van der Waals surface area contributed by atoms with E-state index in [0.717, 1.165) is 11.1 Å². The zero-order valence-corrected chi connectivity index (χ0v) is 13.2. The number of nitrogens with two attached hydrogens (primary N) is 1. The van der Waals surface area contributed by atoms with E-state index in [1.165, 1.54) is 12.1 Å². The van der Waals surface area contributed by atoms with Crippen LogP contribution in [0, 0.1) is 6.92 Å². The van der Waals surface area contributed by atoms with Crippen LogP contribution in [0.3, 0.4) is 0 Å². The molecule has 0 unspecified atom stereocenters. The van der Waals surface area contributed by atoms with E-state index in [-0.39, 0.29) is 16.4 Å². The molecule has 2 aromatic carbocycles. The molecule has 0 aliphatic rings. The fraction of sp³-hybridized carbons (Fsp3) is 0.133. The van der Waals surface area contributed by atoms with Gasteiger partial charge >= 0.3 is 0 Å². The Morgan fingerprint density at radius 3 is 2.33 bits per heavy atom. The molecule has 0 radical (unpaired) electrons. The highest BCUT2D eigenvalue weighted by molar-refractivity contribution is 7.89. The summed E-state index contributed by atoms with van der Waals surface area (Å²) in [6.07, 6.45) is 0. The molecule has 0 saturated carbocycles. The maximum atomic E-state index is 12.2. The summed E-state index contributed by atoms with van der Waals surface area (Å²) in [5.41, 5.74) is 8.12. The van der Waals surface area contributed by atoms with Crippen LogP contribution in [0.5, 0.6) is 0 Å². The number of aryl methyl sites for hydroxylation is 1. The SMILES string of the molecule is Cc1ccccc1CNS(=O)(=O)c1ccc(C(N)=S)cc1. The first-order valence-corrected chi connectivity index (χ1v) is 8.23. The summed E-state index contributed by atoms with van der Waals surface area (Å²) in [6.45, 7) is 2.20. The van der Waals surface area contributed by atoms with E-state index < -0.39 is 10.0 Å². The first-order valence-electron chi connectivity index (χ1n) is 6.34. The Balaban J connectivity index is 2.15. The van der Waals surface area contributed by atoms with Gasteiger partial charge in [-0.25, -0.2) is 13.1 Å². The molecular formula is C15H16N2O2S2. The fourth-order valence-electron chi connectivity index (χ4n) is 1.86. The second kappa shape index (κ2) is 6.34. The van der Waals surface area contributed by atoms with Crippen molar-refractivity contribution in [1.29, 1.82) is 0 Å². The molecule has 0 amide bonds. The maximum Gasteiger partial charge on any atom is 0.240 e. The van der Waals surface area contributed by atoms with Crippen molar-refractivity contribution in [3.8, 4) is 0 Å². The molecule has 0 atom stereocenters. The average Bonchev–Trinajstić information content (AvgIpc) is 2.46. The van der Waals surface area contributed by atoms with Gasteiger partial charge in [0.2, 0.25) is 10.0 Å². The van der Waals surface area contributed by atoms with Gasteiger partial charge in [-0.05, 0) is 30.2 Å². The lowest BCUT2D eigenvalue weighted by Crippen LogP contribution is -2.23. The Labute approximate surface area is 130 Å². The highest BCUT2D eigenvalue weighted by atomic mass is 32.2. The van der Waals surface area contributed by atoms with Crippen LogP contribution in [0.15, 0.2) is 53.4 Å². The first-order chi connectivity index (χ1) is 9.90. The molecule has 21 heavy (non-hydrogen) atoms. The van der Waals surface area contributed by atoms with Crippen molar-refractivity contribution < 1.29 is 8.42 Å². The normalized spacial score (nSPS) is 11.3. The number of hydrogen-bond acceptors (Lipinski definition) is 3. The molecule has 3 N–H and O–H groups in total. The highest BCUT2D eigenvalue weighted by Crippen LogP contribution is 2.12. The molecule has 0 aliphatic carbocycles. The summed E-state index contributed by atoms with van der Waals surface area (Å²) < 4.78 is 27.0. The van der Waals surface area contributed by atoms with Gasteiger partial charge in [-0.15, -0.1) is 0 Å². The summed E-state index contributed by atoms with van der Waals surface area (Å²) in [7, 11) is -3.55. The van der Waals surface area contributed by atoms with Gasteiger partial charge in [0.05, 0.1) is 4.90 Å². The van der Waals surface area contributed by atoms with Crippen LogP contribution in [0.25, 0.3) is 0 Å². The van der Waals surface area contributed by atoms with Crippen LogP contribution in [-0.4, -0.2) is 13.4 Å². The summed E-state index contributed by atoms with van der Waals surface area (Å²) in [4.78, 5) is 0.433. The van der Waals surface area contributed by atoms with Crippen LogP contribution < -0.4 is 10.5 Å². The third-order valence-electron chi connectivity index (χ3n) is 3.16. The van der Waals surface area contributed by atoms with Gasteiger partial charge in [-0.1, -0.05) is 48.6 Å². The largest absolute Gasteiger partial charge is 0.389 e. The molecule has 110 valence electrons. The second-order valence-electron chi connectivity index (χ2n) is 4.64. The monoisotopic (exact) mass is 320 g/mol. The molecule has 2 rings (SSSR count). The lowest BCUT2D eigenvalue weighted by atomic mass is 10.1. The van der Waals surface area contributed by atoms with E-state index in [1.807, 2.05) is 31.2 Å². The summed E-state index contributed by atoms with van der Waals surface area (Å²) in [5, 5.41) is 0. The third-order valence-corrected chi connectivity index (χ3v) is 4.82. The van der Waals surface area contributed by atoms with Gasteiger partial charge < -0.3 is 5.73 Å². The summed E-state index contributed by atoms with van der Waals surface area (Å²) in [5.74, 6) is 0. The Morgan fingerprint density at radius 1 is 1.14 bits per heavy atom. The van der Waals surface area contributed by atoms with Gasteiger partial charge in [0, 0.05) is 12.1 Å². The highest BCUT2D eigenvalue weighted by Gasteiger charge is 2.14. The lowest BCUT2D eigenvalue weighted by molar-refractivity contribution is 0.581. The average molecular weight is 320 g/mol. The van der Waals surface area contributed by atoms with Crippen LogP contribution in [0.4, 0.5) is 0 Å². The van der Waals surface area contributed by atoms with E-state index in [0.29, 0.717) is 5.56 Å². The maximum absolute atomic E-state index is 12.2. The number of benzene rings is 2. The Hall–Kier alpha value is -1.76. The molecule has 0 aromatic heterocycles. The molecule has 0 bridgehead atoms. The zero-order chi connectivity index (χ0) is 15.5. The quantitative estimate of drug-likeness (QED) is 0.828. The number of hydrogen-bond donors (Lipinski definition) is 2. The van der Waals surface area contributed by atoms with Crippen LogP contribution >= 0.6 is 12.2 Å². The molecule has 0 heterocycles. The van der Waals surface area contributed by atoms with Gasteiger partial charge in [-0.3, -0.25) is 0 Å². The van der Waals surface area contributed by atoms with E-state index >= 15 is 0 Å². The van der Waals surface area contributed by atoms with Gasteiger partial charge in [0.15, 0.2) is 0 Å². The number of sulfonamides is 1. The van der Waals surface area contributed by atoms with Crippen molar-refractivity contribution in [2.45, 2.75) is 18.4 Å². The molecule has 0 saturated heterocycles. The van der Waals surface area contributed by atoms with Crippen LogP contribution in [0.2, 0.25) is 0 Å². The van der Waals surface area contributed by atoms with E-state index in [9.17, 15) is 8.42 Å². The van der Waals surface area contributed by atoms with Crippen molar-refractivity contribution in [2.75, 3.05) is 0 Å². The molecule has 4 nitrogen and oxygen atoms in total. The number of rotatable bonds is 5. The minimum Gasteiger partial charge on any atom is -0.389 e.